The Morgan fingerprint density at radius 1 is 0.241 bits per heavy atom. The van der Waals surface area contributed by atoms with E-state index in [1.165, 1.54) is 37.8 Å². The molecule has 0 amide bonds. The molecule has 0 N–H and O–H groups in total. The van der Waals surface area contributed by atoms with Crippen LogP contribution in [0, 0.1) is 0 Å². The lowest BCUT2D eigenvalue weighted by Gasteiger charge is -2.15. The van der Waals surface area contributed by atoms with E-state index in [1.807, 2.05) is 0 Å². The molecule has 13 aromatic rings. The SMILES string of the molecule is c1ccc(-n2c3ccccc3c3cc4c5ccccc5n(-c5nc(-n6c7ccccc7c7ccccc76)cc(-n6c7ccccc7c7ccccc76)n5)c4cc32)cc1. The van der Waals surface area contributed by atoms with Gasteiger partial charge in [0, 0.05) is 54.8 Å². The molecule has 0 fully saturated rings. The molecule has 6 heteroatoms. The van der Waals surface area contributed by atoms with Gasteiger partial charge in [0.15, 0.2) is 0 Å². The second kappa shape index (κ2) is 11.8. The number of hydrogen-bond donors (Lipinski definition) is 0. The molecule has 5 aromatic heterocycles. The standard InChI is InChI=1S/C52H32N6/c1-2-16-33(17-3-1)55-42-24-10-8-22-38(42)40-30-41-39-23-9-15-29-47(39)58(49(41)31-48(40)55)52-53-50(56-43-25-11-4-18-34(43)35-19-5-12-26-44(35)56)32-51(54-52)57-45-27-13-6-20-36(45)37-21-7-14-28-46(37)57/h1-32H. The van der Waals surface area contributed by atoms with Gasteiger partial charge >= 0.3 is 0 Å². The molecule has 0 aliphatic rings. The third kappa shape index (κ3) is 4.26. The van der Waals surface area contributed by atoms with Gasteiger partial charge in [-0.2, -0.15) is 9.97 Å². The highest BCUT2D eigenvalue weighted by Gasteiger charge is 2.23. The van der Waals surface area contributed by atoms with Gasteiger partial charge in [0.05, 0.1) is 44.1 Å². The molecule has 0 aliphatic heterocycles. The molecule has 0 spiro atoms. The van der Waals surface area contributed by atoms with Crippen molar-refractivity contribution >= 4 is 87.2 Å². The first kappa shape index (κ1) is 31.3. The maximum Gasteiger partial charge on any atom is 0.238 e. The highest BCUT2D eigenvalue weighted by Crippen LogP contribution is 2.40. The topological polar surface area (TPSA) is 45.5 Å². The maximum atomic E-state index is 5.59. The van der Waals surface area contributed by atoms with Gasteiger partial charge in [-0.3, -0.25) is 13.7 Å². The van der Waals surface area contributed by atoms with E-state index in [2.05, 4.69) is 212 Å². The van der Waals surface area contributed by atoms with Crippen molar-refractivity contribution in [1.29, 1.82) is 0 Å². The van der Waals surface area contributed by atoms with E-state index in [4.69, 9.17) is 9.97 Å². The molecule has 0 aliphatic carbocycles. The second-order valence-electron chi connectivity index (χ2n) is 15.1. The van der Waals surface area contributed by atoms with E-state index >= 15 is 0 Å². The van der Waals surface area contributed by atoms with Gasteiger partial charge in [-0.15, -0.1) is 0 Å². The van der Waals surface area contributed by atoms with Crippen LogP contribution in [0.25, 0.3) is 110 Å². The lowest BCUT2D eigenvalue weighted by Crippen LogP contribution is -2.10. The average molecular weight is 741 g/mol. The fourth-order valence-electron chi connectivity index (χ4n) is 9.58. The van der Waals surface area contributed by atoms with Crippen molar-refractivity contribution in [1.82, 2.24) is 28.2 Å². The van der Waals surface area contributed by atoms with Crippen molar-refractivity contribution in [3.8, 4) is 23.3 Å². The lowest BCUT2D eigenvalue weighted by molar-refractivity contribution is 0.918. The predicted molar refractivity (Wildman–Crippen MR) is 239 cm³/mol. The minimum absolute atomic E-state index is 0.601. The van der Waals surface area contributed by atoms with Crippen LogP contribution < -0.4 is 0 Å². The van der Waals surface area contributed by atoms with Crippen molar-refractivity contribution in [2.45, 2.75) is 0 Å². The van der Waals surface area contributed by atoms with Crippen LogP contribution in [-0.2, 0) is 0 Å². The lowest BCUT2D eigenvalue weighted by atomic mass is 10.1. The van der Waals surface area contributed by atoms with E-state index in [0.717, 1.165) is 66.7 Å². The molecule has 0 radical (unpaired) electrons. The van der Waals surface area contributed by atoms with Gasteiger partial charge in [-0.1, -0.05) is 127 Å². The summed E-state index contributed by atoms with van der Waals surface area (Å²) in [6.07, 6.45) is 0. The Morgan fingerprint density at radius 3 is 1.00 bits per heavy atom. The number of rotatable bonds is 4. The molecule has 0 atom stereocenters. The second-order valence-corrected chi connectivity index (χ2v) is 15.1. The van der Waals surface area contributed by atoms with Crippen LogP contribution >= 0.6 is 0 Å². The van der Waals surface area contributed by atoms with Crippen molar-refractivity contribution in [2.75, 3.05) is 0 Å². The van der Waals surface area contributed by atoms with Crippen molar-refractivity contribution in [2.24, 2.45) is 0 Å². The Bertz CT molecular complexity index is 3570. The molecule has 5 heterocycles. The van der Waals surface area contributed by atoms with Crippen LogP contribution in [-0.4, -0.2) is 28.2 Å². The van der Waals surface area contributed by atoms with E-state index in [0.29, 0.717) is 5.95 Å². The third-order valence-corrected chi connectivity index (χ3v) is 12.0. The summed E-state index contributed by atoms with van der Waals surface area (Å²) in [6.45, 7) is 0. The zero-order valence-corrected chi connectivity index (χ0v) is 31.2. The summed E-state index contributed by atoms with van der Waals surface area (Å²) in [5, 5.41) is 9.48. The minimum Gasteiger partial charge on any atom is -0.309 e. The van der Waals surface area contributed by atoms with Crippen LogP contribution in [0.1, 0.15) is 0 Å². The number of hydrogen-bond acceptors (Lipinski definition) is 2. The van der Waals surface area contributed by atoms with Crippen LogP contribution in [0.15, 0.2) is 194 Å². The molecule has 0 saturated carbocycles. The summed E-state index contributed by atoms with van der Waals surface area (Å²) >= 11 is 0. The molecule has 58 heavy (non-hydrogen) atoms. The Balaban J connectivity index is 1.19. The molecule has 0 bridgehead atoms. The highest BCUT2D eigenvalue weighted by molar-refractivity contribution is 6.19. The molecular weight excluding hydrogens is 709 g/mol. The molecule has 0 unspecified atom stereocenters. The summed E-state index contributed by atoms with van der Waals surface area (Å²) in [6, 6.07) is 69.3. The summed E-state index contributed by atoms with van der Waals surface area (Å²) in [5.41, 5.74) is 9.89. The summed E-state index contributed by atoms with van der Waals surface area (Å²) in [4.78, 5) is 11.2. The summed E-state index contributed by atoms with van der Waals surface area (Å²) in [5.74, 6) is 2.19. The van der Waals surface area contributed by atoms with E-state index in [9.17, 15) is 0 Å². The number of aromatic nitrogens is 6. The van der Waals surface area contributed by atoms with Gasteiger partial charge < -0.3 is 4.57 Å². The zero-order chi connectivity index (χ0) is 37.9. The van der Waals surface area contributed by atoms with Gasteiger partial charge in [0.1, 0.15) is 11.6 Å². The number of nitrogens with zero attached hydrogens (tertiary/aromatic N) is 6. The van der Waals surface area contributed by atoms with Gasteiger partial charge in [0.2, 0.25) is 5.95 Å². The largest absolute Gasteiger partial charge is 0.309 e. The first-order valence-electron chi connectivity index (χ1n) is 19.7. The molecule has 0 saturated heterocycles. The van der Waals surface area contributed by atoms with Crippen LogP contribution in [0.2, 0.25) is 0 Å². The fourth-order valence-corrected chi connectivity index (χ4v) is 9.58. The van der Waals surface area contributed by atoms with Crippen LogP contribution in [0.3, 0.4) is 0 Å². The Hall–Kier alpha value is -7.96. The molecule has 13 rings (SSSR count). The monoisotopic (exact) mass is 740 g/mol. The molecule has 270 valence electrons. The predicted octanol–water partition coefficient (Wildman–Crippen LogP) is 12.9. The third-order valence-electron chi connectivity index (χ3n) is 12.0. The first-order valence-corrected chi connectivity index (χ1v) is 19.7. The maximum absolute atomic E-state index is 5.59. The van der Waals surface area contributed by atoms with Crippen LogP contribution in [0.4, 0.5) is 0 Å². The van der Waals surface area contributed by atoms with Gasteiger partial charge in [-0.05, 0) is 60.7 Å². The smallest absolute Gasteiger partial charge is 0.238 e. The Labute approximate surface area is 331 Å². The average Bonchev–Trinajstić information content (AvgIpc) is 4.01. The molecule has 8 aromatic carbocycles. The quantitative estimate of drug-likeness (QED) is 0.180. The zero-order valence-electron chi connectivity index (χ0n) is 31.2. The van der Waals surface area contributed by atoms with Gasteiger partial charge in [0.25, 0.3) is 0 Å². The Morgan fingerprint density at radius 2 is 0.569 bits per heavy atom. The normalized spacial score (nSPS) is 12.1. The number of para-hydroxylation sites is 7. The minimum atomic E-state index is 0.601. The van der Waals surface area contributed by atoms with Crippen molar-refractivity contribution < 1.29 is 0 Å². The van der Waals surface area contributed by atoms with E-state index < -0.39 is 0 Å². The first-order chi connectivity index (χ1) is 28.8. The van der Waals surface area contributed by atoms with Crippen molar-refractivity contribution in [3.05, 3.63) is 194 Å². The van der Waals surface area contributed by atoms with Gasteiger partial charge in [-0.25, -0.2) is 0 Å². The van der Waals surface area contributed by atoms with Crippen LogP contribution in [0.5, 0.6) is 0 Å². The Kier molecular flexibility index (Phi) is 6.35. The summed E-state index contributed by atoms with van der Waals surface area (Å²) < 4.78 is 9.25. The van der Waals surface area contributed by atoms with E-state index in [1.54, 1.807) is 0 Å². The summed E-state index contributed by atoms with van der Waals surface area (Å²) in [7, 11) is 0. The molecular formula is C52H32N6. The molecule has 6 nitrogen and oxygen atoms in total. The number of fused-ring (bicyclic) bond motifs is 12. The fraction of sp³-hybridized carbons (Fsp3) is 0. The van der Waals surface area contributed by atoms with Crippen molar-refractivity contribution in [3.63, 3.8) is 0 Å². The van der Waals surface area contributed by atoms with E-state index in [-0.39, 0.29) is 0 Å². The highest BCUT2D eigenvalue weighted by atomic mass is 15.2. The number of benzene rings is 8.